The quantitative estimate of drug-likeness (QED) is 0.431. The lowest BCUT2D eigenvalue weighted by Gasteiger charge is -2.06. The fourth-order valence-corrected chi connectivity index (χ4v) is 1.33. The molecule has 0 radical (unpaired) electrons. The van der Waals surface area contributed by atoms with Crippen molar-refractivity contribution < 1.29 is 10.0 Å². The number of rotatable bonds is 6. The highest BCUT2D eigenvalue weighted by Crippen LogP contribution is 2.11. The van der Waals surface area contributed by atoms with E-state index >= 15 is 0 Å². The average molecular weight is 224 g/mol. The van der Waals surface area contributed by atoms with Gasteiger partial charge in [0.1, 0.15) is 0 Å². The SMILES string of the molecule is CC(O)CNCCc1ccc([N+](=O)[O-])cc1. The molecule has 1 rings (SSSR count). The summed E-state index contributed by atoms with van der Waals surface area (Å²) in [6.45, 7) is 3.04. The van der Waals surface area contributed by atoms with Gasteiger partial charge in [-0.15, -0.1) is 0 Å². The van der Waals surface area contributed by atoms with E-state index < -0.39 is 4.92 Å². The van der Waals surface area contributed by atoms with Crippen LogP contribution in [0.1, 0.15) is 12.5 Å². The molecular formula is C11H16N2O3. The number of hydrogen-bond acceptors (Lipinski definition) is 4. The molecule has 0 aliphatic carbocycles. The van der Waals surface area contributed by atoms with Crippen LogP contribution in [0.5, 0.6) is 0 Å². The van der Waals surface area contributed by atoms with E-state index in [4.69, 9.17) is 5.11 Å². The summed E-state index contributed by atoms with van der Waals surface area (Å²) in [6, 6.07) is 6.51. The number of nitro groups is 1. The molecule has 0 amide bonds. The van der Waals surface area contributed by atoms with Gasteiger partial charge in [-0.05, 0) is 25.5 Å². The van der Waals surface area contributed by atoms with E-state index in [0.717, 1.165) is 18.5 Å². The Morgan fingerprint density at radius 3 is 2.56 bits per heavy atom. The van der Waals surface area contributed by atoms with Crippen LogP contribution in [0, 0.1) is 10.1 Å². The Morgan fingerprint density at radius 1 is 1.44 bits per heavy atom. The van der Waals surface area contributed by atoms with Gasteiger partial charge in [-0.2, -0.15) is 0 Å². The molecule has 1 unspecified atom stereocenters. The summed E-state index contributed by atoms with van der Waals surface area (Å²) < 4.78 is 0. The van der Waals surface area contributed by atoms with E-state index in [0.29, 0.717) is 6.54 Å². The van der Waals surface area contributed by atoms with Crippen molar-refractivity contribution >= 4 is 5.69 Å². The predicted molar refractivity (Wildman–Crippen MR) is 61.4 cm³/mol. The first kappa shape index (κ1) is 12.6. The zero-order chi connectivity index (χ0) is 12.0. The summed E-state index contributed by atoms with van der Waals surface area (Å²) in [7, 11) is 0. The molecule has 0 heterocycles. The van der Waals surface area contributed by atoms with Crippen LogP contribution >= 0.6 is 0 Å². The molecule has 0 saturated heterocycles. The lowest BCUT2D eigenvalue weighted by Crippen LogP contribution is -2.26. The van der Waals surface area contributed by atoms with Gasteiger partial charge in [0.25, 0.3) is 5.69 Å². The van der Waals surface area contributed by atoms with Crippen LogP contribution in [0.2, 0.25) is 0 Å². The summed E-state index contributed by atoms with van der Waals surface area (Å²) in [5.41, 5.74) is 1.16. The second-order valence-electron chi connectivity index (χ2n) is 3.73. The summed E-state index contributed by atoms with van der Waals surface area (Å²) in [4.78, 5) is 10.0. The highest BCUT2D eigenvalue weighted by Gasteiger charge is 2.03. The molecule has 88 valence electrons. The minimum Gasteiger partial charge on any atom is -0.392 e. The topological polar surface area (TPSA) is 75.4 Å². The third-order valence-electron chi connectivity index (χ3n) is 2.18. The number of nitro benzene ring substituents is 1. The Balaban J connectivity index is 2.35. The monoisotopic (exact) mass is 224 g/mol. The third-order valence-corrected chi connectivity index (χ3v) is 2.18. The largest absolute Gasteiger partial charge is 0.392 e. The number of aliphatic hydroxyl groups is 1. The maximum Gasteiger partial charge on any atom is 0.269 e. The Labute approximate surface area is 94.3 Å². The van der Waals surface area contributed by atoms with Gasteiger partial charge in [0.2, 0.25) is 0 Å². The van der Waals surface area contributed by atoms with Crippen LogP contribution in [-0.4, -0.2) is 29.2 Å². The molecule has 5 nitrogen and oxygen atoms in total. The first-order chi connectivity index (χ1) is 7.59. The number of non-ortho nitro benzene ring substituents is 1. The maximum atomic E-state index is 10.4. The number of hydrogen-bond donors (Lipinski definition) is 2. The van der Waals surface area contributed by atoms with Crippen LogP contribution < -0.4 is 5.32 Å². The van der Waals surface area contributed by atoms with Gasteiger partial charge in [-0.25, -0.2) is 0 Å². The highest BCUT2D eigenvalue weighted by molar-refractivity contribution is 5.32. The van der Waals surface area contributed by atoms with Crippen molar-refractivity contribution in [2.45, 2.75) is 19.4 Å². The third kappa shape index (κ3) is 4.37. The second-order valence-corrected chi connectivity index (χ2v) is 3.73. The van der Waals surface area contributed by atoms with Crippen LogP contribution in [0.3, 0.4) is 0 Å². The molecule has 16 heavy (non-hydrogen) atoms. The van der Waals surface area contributed by atoms with Crippen LogP contribution in [0.15, 0.2) is 24.3 Å². The summed E-state index contributed by atoms with van der Waals surface area (Å²) in [6.07, 6.45) is 0.446. The fraction of sp³-hybridized carbons (Fsp3) is 0.455. The van der Waals surface area contributed by atoms with Gasteiger partial charge < -0.3 is 10.4 Å². The molecule has 0 saturated carbocycles. The van der Waals surface area contributed by atoms with E-state index in [1.165, 1.54) is 12.1 Å². The first-order valence-electron chi connectivity index (χ1n) is 5.21. The van der Waals surface area contributed by atoms with Crippen LogP contribution in [0.25, 0.3) is 0 Å². The van der Waals surface area contributed by atoms with Crippen molar-refractivity contribution in [2.24, 2.45) is 0 Å². The minimum absolute atomic E-state index is 0.112. The van der Waals surface area contributed by atoms with Crippen molar-refractivity contribution in [1.29, 1.82) is 0 Å². The van der Waals surface area contributed by atoms with Gasteiger partial charge in [0, 0.05) is 18.7 Å². The number of aliphatic hydroxyl groups excluding tert-OH is 1. The molecule has 5 heteroatoms. The molecule has 2 N–H and O–H groups in total. The summed E-state index contributed by atoms with van der Waals surface area (Å²) in [5.74, 6) is 0. The van der Waals surface area contributed by atoms with Gasteiger partial charge in [-0.3, -0.25) is 10.1 Å². The molecule has 0 aliphatic heterocycles. The molecule has 0 fully saturated rings. The van der Waals surface area contributed by atoms with E-state index in [2.05, 4.69) is 5.32 Å². The minimum atomic E-state index is -0.407. The van der Waals surface area contributed by atoms with Crippen molar-refractivity contribution in [2.75, 3.05) is 13.1 Å². The normalized spacial score (nSPS) is 12.4. The molecular weight excluding hydrogens is 208 g/mol. The van der Waals surface area contributed by atoms with Gasteiger partial charge in [-0.1, -0.05) is 12.1 Å². The molecule has 0 aromatic heterocycles. The Kier molecular flexibility index (Phi) is 4.88. The zero-order valence-corrected chi connectivity index (χ0v) is 9.22. The molecule has 0 aliphatic rings. The van der Waals surface area contributed by atoms with Crippen molar-refractivity contribution in [3.8, 4) is 0 Å². The van der Waals surface area contributed by atoms with Crippen molar-refractivity contribution in [3.63, 3.8) is 0 Å². The zero-order valence-electron chi connectivity index (χ0n) is 9.22. The first-order valence-corrected chi connectivity index (χ1v) is 5.21. The Morgan fingerprint density at radius 2 is 2.06 bits per heavy atom. The number of nitrogens with zero attached hydrogens (tertiary/aromatic N) is 1. The van der Waals surface area contributed by atoms with Gasteiger partial charge in [0.05, 0.1) is 11.0 Å². The van der Waals surface area contributed by atoms with Crippen molar-refractivity contribution in [1.82, 2.24) is 5.32 Å². The molecule has 1 atom stereocenters. The molecule has 0 bridgehead atoms. The Hall–Kier alpha value is -1.46. The second kappa shape index (κ2) is 6.19. The van der Waals surface area contributed by atoms with Crippen LogP contribution in [-0.2, 0) is 6.42 Å². The maximum absolute atomic E-state index is 10.4. The number of nitrogens with one attached hydrogen (secondary N) is 1. The highest BCUT2D eigenvalue weighted by atomic mass is 16.6. The van der Waals surface area contributed by atoms with E-state index in [9.17, 15) is 10.1 Å². The lowest BCUT2D eigenvalue weighted by molar-refractivity contribution is -0.384. The standard InChI is InChI=1S/C11H16N2O3/c1-9(14)8-12-7-6-10-2-4-11(5-3-10)13(15)16/h2-5,9,12,14H,6-8H2,1H3. The van der Waals surface area contributed by atoms with Gasteiger partial charge >= 0.3 is 0 Å². The Bertz CT molecular complexity index is 336. The van der Waals surface area contributed by atoms with Crippen LogP contribution in [0.4, 0.5) is 5.69 Å². The van der Waals surface area contributed by atoms with E-state index in [-0.39, 0.29) is 11.8 Å². The predicted octanol–water partition coefficient (Wildman–Crippen LogP) is 1.11. The fourth-order valence-electron chi connectivity index (χ4n) is 1.33. The average Bonchev–Trinajstić information content (AvgIpc) is 2.25. The lowest BCUT2D eigenvalue weighted by atomic mass is 10.1. The molecule has 0 spiro atoms. The smallest absolute Gasteiger partial charge is 0.269 e. The summed E-state index contributed by atoms with van der Waals surface area (Å²) in [5, 5.41) is 22.5. The van der Waals surface area contributed by atoms with E-state index in [1.807, 2.05) is 0 Å². The summed E-state index contributed by atoms with van der Waals surface area (Å²) >= 11 is 0. The van der Waals surface area contributed by atoms with Gasteiger partial charge in [0.15, 0.2) is 0 Å². The molecule has 1 aromatic rings. The molecule has 1 aromatic carbocycles. The number of benzene rings is 1. The van der Waals surface area contributed by atoms with Crippen molar-refractivity contribution in [3.05, 3.63) is 39.9 Å². The van der Waals surface area contributed by atoms with E-state index in [1.54, 1.807) is 19.1 Å².